The summed E-state index contributed by atoms with van der Waals surface area (Å²) in [5, 5.41) is 9.50. The first-order chi connectivity index (χ1) is 7.04. The zero-order valence-electron chi connectivity index (χ0n) is 10.3. The Morgan fingerprint density at radius 3 is 2.47 bits per heavy atom. The van der Waals surface area contributed by atoms with E-state index in [-0.39, 0.29) is 24.4 Å². The standard InChI is InChI=1S/C12H24O3/c1-5-14-12-10(13)7-11(12)15-9(4)6-8(2)3/h8-13H,5-7H2,1-4H3. The number of hydrogen-bond donors (Lipinski definition) is 1. The minimum Gasteiger partial charge on any atom is -0.390 e. The van der Waals surface area contributed by atoms with Gasteiger partial charge in [0, 0.05) is 13.0 Å². The smallest absolute Gasteiger partial charge is 0.110 e. The highest BCUT2D eigenvalue weighted by molar-refractivity contribution is 4.92. The van der Waals surface area contributed by atoms with Crippen LogP contribution in [-0.4, -0.2) is 36.1 Å². The van der Waals surface area contributed by atoms with E-state index in [9.17, 15) is 5.11 Å². The summed E-state index contributed by atoms with van der Waals surface area (Å²) in [6.07, 6.45) is 1.68. The Morgan fingerprint density at radius 1 is 1.33 bits per heavy atom. The molecule has 0 saturated heterocycles. The van der Waals surface area contributed by atoms with Crippen LogP contribution in [0.3, 0.4) is 0 Å². The third-order valence-corrected chi connectivity index (χ3v) is 2.79. The molecule has 0 spiro atoms. The second kappa shape index (κ2) is 5.83. The highest BCUT2D eigenvalue weighted by atomic mass is 16.6. The maximum Gasteiger partial charge on any atom is 0.110 e. The van der Waals surface area contributed by atoms with E-state index >= 15 is 0 Å². The average molecular weight is 216 g/mol. The van der Waals surface area contributed by atoms with Crippen molar-refractivity contribution >= 4 is 0 Å². The lowest BCUT2D eigenvalue weighted by molar-refractivity contribution is -0.205. The van der Waals surface area contributed by atoms with Crippen LogP contribution in [-0.2, 0) is 9.47 Å². The van der Waals surface area contributed by atoms with E-state index in [2.05, 4.69) is 20.8 Å². The Morgan fingerprint density at radius 2 is 2.00 bits per heavy atom. The van der Waals surface area contributed by atoms with Gasteiger partial charge in [-0.3, -0.25) is 0 Å². The second-order valence-corrected chi connectivity index (χ2v) is 4.84. The second-order valence-electron chi connectivity index (χ2n) is 4.84. The number of aliphatic hydroxyl groups is 1. The van der Waals surface area contributed by atoms with Gasteiger partial charge in [-0.1, -0.05) is 13.8 Å². The van der Waals surface area contributed by atoms with Crippen molar-refractivity contribution in [3.8, 4) is 0 Å². The Kier molecular flexibility index (Phi) is 5.03. The molecule has 0 aromatic heterocycles. The van der Waals surface area contributed by atoms with Crippen molar-refractivity contribution in [2.45, 2.75) is 65.0 Å². The van der Waals surface area contributed by atoms with Gasteiger partial charge in [0.2, 0.25) is 0 Å². The van der Waals surface area contributed by atoms with Gasteiger partial charge in [-0.2, -0.15) is 0 Å². The molecule has 1 aliphatic rings. The van der Waals surface area contributed by atoms with E-state index in [1.807, 2.05) is 6.92 Å². The van der Waals surface area contributed by atoms with Crippen LogP contribution in [0.4, 0.5) is 0 Å². The van der Waals surface area contributed by atoms with Gasteiger partial charge < -0.3 is 14.6 Å². The van der Waals surface area contributed by atoms with Gasteiger partial charge in [0.15, 0.2) is 0 Å². The fourth-order valence-electron chi connectivity index (χ4n) is 2.12. The fourth-order valence-corrected chi connectivity index (χ4v) is 2.12. The first kappa shape index (κ1) is 12.9. The third-order valence-electron chi connectivity index (χ3n) is 2.79. The first-order valence-electron chi connectivity index (χ1n) is 5.99. The van der Waals surface area contributed by atoms with Crippen molar-refractivity contribution in [2.75, 3.05) is 6.61 Å². The molecule has 1 N–H and O–H groups in total. The van der Waals surface area contributed by atoms with Crippen LogP contribution in [0.25, 0.3) is 0 Å². The van der Waals surface area contributed by atoms with Crippen molar-refractivity contribution in [2.24, 2.45) is 5.92 Å². The lowest BCUT2D eigenvalue weighted by Crippen LogP contribution is -2.54. The summed E-state index contributed by atoms with van der Waals surface area (Å²) in [6.45, 7) is 9.05. The summed E-state index contributed by atoms with van der Waals surface area (Å²) < 4.78 is 11.3. The summed E-state index contributed by atoms with van der Waals surface area (Å²) in [4.78, 5) is 0. The van der Waals surface area contributed by atoms with Crippen molar-refractivity contribution in [1.82, 2.24) is 0 Å². The number of ether oxygens (including phenoxy) is 2. The van der Waals surface area contributed by atoms with Crippen LogP contribution in [0.2, 0.25) is 0 Å². The van der Waals surface area contributed by atoms with E-state index < -0.39 is 0 Å². The first-order valence-corrected chi connectivity index (χ1v) is 5.99. The zero-order valence-corrected chi connectivity index (χ0v) is 10.3. The molecule has 3 heteroatoms. The van der Waals surface area contributed by atoms with E-state index in [0.717, 1.165) is 6.42 Å². The topological polar surface area (TPSA) is 38.7 Å². The maximum absolute atomic E-state index is 9.50. The van der Waals surface area contributed by atoms with Crippen molar-refractivity contribution in [3.63, 3.8) is 0 Å². The quantitative estimate of drug-likeness (QED) is 0.738. The predicted molar refractivity (Wildman–Crippen MR) is 59.8 cm³/mol. The molecule has 0 aliphatic heterocycles. The zero-order chi connectivity index (χ0) is 11.4. The molecule has 0 aromatic carbocycles. The third kappa shape index (κ3) is 3.74. The molecule has 1 fully saturated rings. The molecule has 3 nitrogen and oxygen atoms in total. The van der Waals surface area contributed by atoms with Crippen LogP contribution in [0.1, 0.15) is 40.5 Å². The lowest BCUT2D eigenvalue weighted by Gasteiger charge is -2.42. The van der Waals surface area contributed by atoms with Gasteiger partial charge in [0.25, 0.3) is 0 Å². The summed E-state index contributed by atoms with van der Waals surface area (Å²) in [6, 6.07) is 0. The van der Waals surface area contributed by atoms with Crippen molar-refractivity contribution in [3.05, 3.63) is 0 Å². The van der Waals surface area contributed by atoms with Crippen LogP contribution >= 0.6 is 0 Å². The molecular formula is C12H24O3. The minimum atomic E-state index is -0.332. The molecule has 0 bridgehead atoms. The number of rotatable bonds is 6. The highest BCUT2D eigenvalue weighted by Crippen LogP contribution is 2.29. The van der Waals surface area contributed by atoms with Gasteiger partial charge in [-0.05, 0) is 26.2 Å². The monoisotopic (exact) mass is 216 g/mol. The maximum atomic E-state index is 9.50. The summed E-state index contributed by atoms with van der Waals surface area (Å²) in [5.74, 6) is 0.649. The van der Waals surface area contributed by atoms with Crippen LogP contribution in [0, 0.1) is 5.92 Å². The molecule has 4 unspecified atom stereocenters. The Hall–Kier alpha value is -0.120. The average Bonchev–Trinajstić information content (AvgIpc) is 2.12. The Labute approximate surface area is 92.8 Å². The number of aliphatic hydroxyl groups excluding tert-OH is 1. The molecule has 4 atom stereocenters. The van der Waals surface area contributed by atoms with Gasteiger partial charge >= 0.3 is 0 Å². The molecular weight excluding hydrogens is 192 g/mol. The summed E-state index contributed by atoms with van der Waals surface area (Å²) >= 11 is 0. The van der Waals surface area contributed by atoms with Crippen LogP contribution in [0.15, 0.2) is 0 Å². The minimum absolute atomic E-state index is 0.0914. The molecule has 0 radical (unpaired) electrons. The predicted octanol–water partition coefficient (Wildman–Crippen LogP) is 1.98. The molecule has 1 aliphatic carbocycles. The molecule has 0 aromatic rings. The van der Waals surface area contributed by atoms with E-state index in [4.69, 9.17) is 9.47 Å². The fraction of sp³-hybridized carbons (Fsp3) is 1.00. The van der Waals surface area contributed by atoms with Crippen LogP contribution < -0.4 is 0 Å². The van der Waals surface area contributed by atoms with Gasteiger partial charge in [0.05, 0.1) is 18.3 Å². The van der Waals surface area contributed by atoms with E-state index in [1.165, 1.54) is 0 Å². The van der Waals surface area contributed by atoms with Gasteiger partial charge in [-0.25, -0.2) is 0 Å². The van der Waals surface area contributed by atoms with E-state index in [1.54, 1.807) is 0 Å². The molecule has 1 saturated carbocycles. The summed E-state index contributed by atoms with van der Waals surface area (Å²) in [7, 11) is 0. The van der Waals surface area contributed by atoms with E-state index in [0.29, 0.717) is 18.9 Å². The largest absolute Gasteiger partial charge is 0.390 e. The summed E-state index contributed by atoms with van der Waals surface area (Å²) in [5.41, 5.74) is 0. The highest BCUT2D eigenvalue weighted by Gasteiger charge is 2.42. The Bertz CT molecular complexity index is 182. The molecule has 90 valence electrons. The van der Waals surface area contributed by atoms with Crippen molar-refractivity contribution < 1.29 is 14.6 Å². The van der Waals surface area contributed by atoms with Crippen LogP contribution in [0.5, 0.6) is 0 Å². The van der Waals surface area contributed by atoms with Crippen molar-refractivity contribution in [1.29, 1.82) is 0 Å². The lowest BCUT2D eigenvalue weighted by atomic mass is 9.87. The normalized spacial score (nSPS) is 32.8. The SMILES string of the molecule is CCOC1C(O)CC1OC(C)CC(C)C. The Balaban J connectivity index is 2.26. The molecule has 0 heterocycles. The molecule has 0 amide bonds. The molecule has 1 rings (SSSR count). The van der Waals surface area contributed by atoms with Gasteiger partial charge in [-0.15, -0.1) is 0 Å². The van der Waals surface area contributed by atoms with Gasteiger partial charge in [0.1, 0.15) is 6.10 Å². The molecule has 15 heavy (non-hydrogen) atoms. The number of hydrogen-bond acceptors (Lipinski definition) is 3.